The molecule has 23 heavy (non-hydrogen) atoms. The van der Waals surface area contributed by atoms with E-state index in [2.05, 4.69) is 9.97 Å². The Morgan fingerprint density at radius 2 is 2.09 bits per heavy atom. The molecule has 116 valence electrons. The number of benzene rings is 1. The number of aromatic nitrogens is 3. The molecule has 0 saturated carbocycles. The number of amides is 1. The van der Waals surface area contributed by atoms with Crippen molar-refractivity contribution in [2.45, 2.75) is 6.54 Å². The number of aryl methyl sites for hydroxylation is 1. The quantitative estimate of drug-likeness (QED) is 0.696. The number of pyridine rings is 1. The minimum absolute atomic E-state index is 0.0686. The molecule has 3 rings (SSSR count). The summed E-state index contributed by atoms with van der Waals surface area (Å²) in [5.41, 5.74) is 2.91. The van der Waals surface area contributed by atoms with Gasteiger partial charge < -0.3 is 9.47 Å². The van der Waals surface area contributed by atoms with E-state index in [4.69, 9.17) is 0 Å². The van der Waals surface area contributed by atoms with E-state index in [1.165, 1.54) is 0 Å². The number of rotatable bonds is 4. The maximum absolute atomic E-state index is 12.2. The van der Waals surface area contributed by atoms with Crippen LogP contribution >= 0.6 is 0 Å². The summed E-state index contributed by atoms with van der Waals surface area (Å²) in [7, 11) is 3.74. The molecule has 1 aromatic carbocycles. The Labute approximate surface area is 134 Å². The number of carbonyl (C=O) groups excluding carboxylic acids is 1. The van der Waals surface area contributed by atoms with Gasteiger partial charge in [-0.05, 0) is 29.8 Å². The lowest BCUT2D eigenvalue weighted by molar-refractivity contribution is -0.125. The van der Waals surface area contributed by atoms with Crippen LogP contribution in [0.4, 0.5) is 0 Å². The third-order valence-corrected chi connectivity index (χ3v) is 3.74. The summed E-state index contributed by atoms with van der Waals surface area (Å²) in [6, 6.07) is 11.7. The molecule has 0 fully saturated rings. The van der Waals surface area contributed by atoms with Crippen LogP contribution in [0.25, 0.3) is 17.1 Å². The minimum Gasteiger partial charge on any atom is -0.335 e. The standard InChI is InChI=1S/C18H18N4O/c1-21(18(23)10-9-14-6-5-11-19-12-14)13-17-20-15-7-3-4-8-16(15)22(17)2/h3-12H,13H2,1-2H3. The van der Waals surface area contributed by atoms with E-state index in [1.807, 2.05) is 48.0 Å². The molecule has 2 aromatic heterocycles. The van der Waals surface area contributed by atoms with E-state index < -0.39 is 0 Å². The summed E-state index contributed by atoms with van der Waals surface area (Å²) in [6.45, 7) is 0.460. The smallest absolute Gasteiger partial charge is 0.246 e. The lowest BCUT2D eigenvalue weighted by Crippen LogP contribution is -2.25. The highest BCUT2D eigenvalue weighted by Crippen LogP contribution is 2.15. The summed E-state index contributed by atoms with van der Waals surface area (Å²) in [4.78, 5) is 22.5. The Kier molecular flexibility index (Phi) is 4.19. The molecule has 0 radical (unpaired) electrons. The molecule has 5 heteroatoms. The van der Waals surface area contributed by atoms with Crippen LogP contribution in [0.2, 0.25) is 0 Å². The van der Waals surface area contributed by atoms with E-state index in [0.717, 1.165) is 22.4 Å². The predicted molar refractivity (Wildman–Crippen MR) is 90.5 cm³/mol. The summed E-state index contributed by atoms with van der Waals surface area (Å²) in [5, 5.41) is 0. The van der Waals surface area contributed by atoms with Gasteiger partial charge in [-0.2, -0.15) is 0 Å². The average Bonchev–Trinajstić information content (AvgIpc) is 2.90. The lowest BCUT2D eigenvalue weighted by atomic mass is 10.2. The predicted octanol–water partition coefficient (Wildman–Crippen LogP) is 2.64. The fraction of sp³-hybridized carbons (Fsp3) is 0.167. The van der Waals surface area contributed by atoms with E-state index >= 15 is 0 Å². The van der Waals surface area contributed by atoms with Gasteiger partial charge in [0.1, 0.15) is 5.82 Å². The second-order valence-corrected chi connectivity index (χ2v) is 5.39. The number of para-hydroxylation sites is 2. The first kappa shape index (κ1) is 15.0. The number of hydrogen-bond acceptors (Lipinski definition) is 3. The Bertz CT molecular complexity index is 852. The molecule has 2 heterocycles. The van der Waals surface area contributed by atoms with Crippen LogP contribution in [0.1, 0.15) is 11.4 Å². The van der Waals surface area contributed by atoms with Crippen molar-refractivity contribution in [2.75, 3.05) is 7.05 Å². The van der Waals surface area contributed by atoms with E-state index in [0.29, 0.717) is 6.54 Å². The number of imidazole rings is 1. The molecule has 3 aromatic rings. The summed E-state index contributed by atoms with van der Waals surface area (Å²) in [6.07, 6.45) is 6.74. The maximum atomic E-state index is 12.2. The van der Waals surface area contributed by atoms with E-state index in [1.54, 1.807) is 36.5 Å². The van der Waals surface area contributed by atoms with Crippen LogP contribution in [0.15, 0.2) is 54.9 Å². The van der Waals surface area contributed by atoms with Crippen molar-refractivity contribution in [1.82, 2.24) is 19.4 Å². The van der Waals surface area contributed by atoms with Gasteiger partial charge in [-0.3, -0.25) is 9.78 Å². The molecule has 0 atom stereocenters. The van der Waals surface area contributed by atoms with Crippen molar-refractivity contribution in [2.24, 2.45) is 7.05 Å². The SMILES string of the molecule is CN(Cc1nc2ccccc2n1C)C(=O)C=Cc1cccnc1. The Hall–Kier alpha value is -2.95. The largest absolute Gasteiger partial charge is 0.335 e. The van der Waals surface area contributed by atoms with Crippen molar-refractivity contribution >= 4 is 23.0 Å². The number of nitrogens with zero attached hydrogens (tertiary/aromatic N) is 4. The first-order valence-electron chi connectivity index (χ1n) is 7.38. The van der Waals surface area contributed by atoms with Crippen molar-refractivity contribution < 1.29 is 4.79 Å². The molecule has 0 spiro atoms. The first-order valence-corrected chi connectivity index (χ1v) is 7.38. The van der Waals surface area contributed by atoms with Crippen molar-refractivity contribution in [3.05, 3.63) is 66.3 Å². The second-order valence-electron chi connectivity index (χ2n) is 5.39. The van der Waals surface area contributed by atoms with Gasteiger partial charge >= 0.3 is 0 Å². The molecule has 5 nitrogen and oxygen atoms in total. The molecule has 1 amide bonds. The molecular weight excluding hydrogens is 288 g/mol. The fourth-order valence-electron chi connectivity index (χ4n) is 2.40. The molecule has 0 bridgehead atoms. The molecule has 0 unspecified atom stereocenters. The van der Waals surface area contributed by atoms with Gasteiger partial charge in [0.05, 0.1) is 17.6 Å². The van der Waals surface area contributed by atoms with E-state index in [9.17, 15) is 4.79 Å². The number of likely N-dealkylation sites (N-methyl/N-ethyl adjacent to an activating group) is 1. The van der Waals surface area contributed by atoms with Crippen molar-refractivity contribution in [3.63, 3.8) is 0 Å². The number of carbonyl (C=O) groups is 1. The van der Waals surface area contributed by atoms with Crippen LogP contribution in [-0.2, 0) is 18.4 Å². The molecule has 0 aliphatic rings. The lowest BCUT2D eigenvalue weighted by Gasteiger charge is -2.14. The normalized spacial score (nSPS) is 11.2. The zero-order valence-corrected chi connectivity index (χ0v) is 13.2. The second kappa shape index (κ2) is 6.44. The fourth-order valence-corrected chi connectivity index (χ4v) is 2.40. The van der Waals surface area contributed by atoms with Gasteiger partial charge in [0.2, 0.25) is 5.91 Å². The zero-order chi connectivity index (χ0) is 16.2. The van der Waals surface area contributed by atoms with Gasteiger partial charge in [-0.15, -0.1) is 0 Å². The van der Waals surface area contributed by atoms with Crippen LogP contribution in [0.5, 0.6) is 0 Å². The molecule has 0 aliphatic heterocycles. The topological polar surface area (TPSA) is 51.0 Å². The van der Waals surface area contributed by atoms with Gasteiger partial charge in [-0.1, -0.05) is 18.2 Å². The first-order chi connectivity index (χ1) is 11.1. The summed E-state index contributed by atoms with van der Waals surface area (Å²) >= 11 is 0. The Morgan fingerprint density at radius 1 is 1.26 bits per heavy atom. The number of hydrogen-bond donors (Lipinski definition) is 0. The Morgan fingerprint density at radius 3 is 2.83 bits per heavy atom. The van der Waals surface area contributed by atoms with Crippen LogP contribution in [-0.4, -0.2) is 32.4 Å². The minimum atomic E-state index is -0.0686. The molecule has 0 aliphatic carbocycles. The van der Waals surface area contributed by atoms with Gasteiger partial charge in [0, 0.05) is 32.6 Å². The third kappa shape index (κ3) is 3.29. The third-order valence-electron chi connectivity index (χ3n) is 3.74. The zero-order valence-electron chi connectivity index (χ0n) is 13.2. The van der Waals surface area contributed by atoms with Crippen LogP contribution in [0.3, 0.4) is 0 Å². The summed E-state index contributed by atoms with van der Waals surface area (Å²) in [5.74, 6) is 0.790. The van der Waals surface area contributed by atoms with E-state index in [-0.39, 0.29) is 5.91 Å². The maximum Gasteiger partial charge on any atom is 0.246 e. The Balaban J connectivity index is 1.72. The van der Waals surface area contributed by atoms with Gasteiger partial charge in [0.25, 0.3) is 0 Å². The monoisotopic (exact) mass is 306 g/mol. The highest BCUT2D eigenvalue weighted by Gasteiger charge is 2.12. The van der Waals surface area contributed by atoms with Crippen molar-refractivity contribution in [3.8, 4) is 0 Å². The average molecular weight is 306 g/mol. The van der Waals surface area contributed by atoms with Crippen LogP contribution < -0.4 is 0 Å². The molecule has 0 N–H and O–H groups in total. The van der Waals surface area contributed by atoms with Crippen molar-refractivity contribution in [1.29, 1.82) is 0 Å². The number of fused-ring (bicyclic) bond motifs is 1. The molecule has 0 saturated heterocycles. The molecular formula is C18H18N4O. The highest BCUT2D eigenvalue weighted by atomic mass is 16.2. The van der Waals surface area contributed by atoms with Gasteiger partial charge in [-0.25, -0.2) is 4.98 Å². The van der Waals surface area contributed by atoms with Crippen LogP contribution in [0, 0.1) is 0 Å². The van der Waals surface area contributed by atoms with Gasteiger partial charge in [0.15, 0.2) is 0 Å². The highest BCUT2D eigenvalue weighted by molar-refractivity contribution is 5.91. The summed E-state index contributed by atoms with van der Waals surface area (Å²) < 4.78 is 2.02.